The summed E-state index contributed by atoms with van der Waals surface area (Å²) in [6.45, 7) is 1.33. The molecule has 0 spiro atoms. The molecule has 11 nitrogen and oxygen atoms in total. The van der Waals surface area contributed by atoms with Gasteiger partial charge in [-0.1, -0.05) is 30.3 Å². The van der Waals surface area contributed by atoms with Crippen LogP contribution in [0.15, 0.2) is 36.7 Å². The first kappa shape index (κ1) is 21.0. The molecular formula is C21H26N6O5. The average molecular weight is 442 g/mol. The van der Waals surface area contributed by atoms with Crippen LogP contribution in [0.25, 0.3) is 11.2 Å². The van der Waals surface area contributed by atoms with Crippen molar-refractivity contribution in [3.8, 4) is 0 Å². The Labute approximate surface area is 184 Å². The zero-order chi connectivity index (χ0) is 22.1. The third-order valence-electron chi connectivity index (χ3n) is 5.81. The first-order valence-electron chi connectivity index (χ1n) is 10.6. The lowest BCUT2D eigenvalue weighted by atomic mass is 10.1. The number of imidazole rings is 1. The van der Waals surface area contributed by atoms with Crippen LogP contribution in [0, 0.1) is 0 Å². The molecule has 5 N–H and O–H groups in total. The number of hydrogen-bond donors (Lipinski definition) is 5. The van der Waals surface area contributed by atoms with Gasteiger partial charge in [0.1, 0.15) is 24.6 Å². The summed E-state index contributed by atoms with van der Waals surface area (Å²) >= 11 is 0. The van der Waals surface area contributed by atoms with Crippen LogP contribution in [-0.2, 0) is 16.0 Å². The highest BCUT2D eigenvalue weighted by Crippen LogP contribution is 2.35. The van der Waals surface area contributed by atoms with E-state index in [1.165, 1.54) is 6.33 Å². The number of ether oxygens (including phenoxy) is 2. The predicted molar refractivity (Wildman–Crippen MR) is 115 cm³/mol. The van der Waals surface area contributed by atoms with Gasteiger partial charge in [0.25, 0.3) is 0 Å². The molecule has 0 unspecified atom stereocenters. The maximum absolute atomic E-state index is 10.7. The molecule has 2 saturated heterocycles. The molecule has 2 aliphatic rings. The van der Waals surface area contributed by atoms with Gasteiger partial charge in [-0.15, -0.1) is 0 Å². The van der Waals surface area contributed by atoms with Crippen molar-refractivity contribution in [2.75, 3.05) is 30.5 Å². The highest BCUT2D eigenvalue weighted by atomic mass is 16.6. The molecular weight excluding hydrogens is 416 g/mol. The van der Waals surface area contributed by atoms with Crippen LogP contribution in [0.3, 0.4) is 0 Å². The number of benzene rings is 1. The SMILES string of the molecule is OC[C@H]1O[C@@H](n2c(NCc3ccccc3)nc3c(N[C@@H]4CCOC4)ncnc32)[C@H](O)[C@@H]1O. The van der Waals surface area contributed by atoms with E-state index in [9.17, 15) is 15.3 Å². The van der Waals surface area contributed by atoms with Gasteiger partial charge in [-0.2, -0.15) is 0 Å². The largest absolute Gasteiger partial charge is 0.394 e. The zero-order valence-electron chi connectivity index (χ0n) is 17.3. The topological polar surface area (TPSA) is 147 Å². The van der Waals surface area contributed by atoms with Crippen LogP contribution in [0.1, 0.15) is 18.2 Å². The standard InChI is InChI=1S/C21H26N6O5/c28-9-14-16(29)17(30)20(32-14)27-19-15(18(23-11-24-19)25-13-6-7-31-10-13)26-21(27)22-8-12-4-2-1-3-5-12/h1-5,11,13-14,16-17,20,28-30H,6-10H2,(H,22,26)(H,23,24,25)/t13-,14-,16-,17-,20-/m1/s1. The minimum Gasteiger partial charge on any atom is -0.394 e. The maximum atomic E-state index is 10.7. The highest BCUT2D eigenvalue weighted by Gasteiger charge is 2.45. The first-order chi connectivity index (χ1) is 15.7. The second kappa shape index (κ2) is 8.96. The van der Waals surface area contributed by atoms with Crippen LogP contribution >= 0.6 is 0 Å². The van der Waals surface area contributed by atoms with Gasteiger partial charge in [0.2, 0.25) is 5.95 Å². The van der Waals surface area contributed by atoms with Crippen LogP contribution in [0.4, 0.5) is 11.8 Å². The van der Waals surface area contributed by atoms with Crippen molar-refractivity contribution in [3.63, 3.8) is 0 Å². The van der Waals surface area contributed by atoms with Crippen molar-refractivity contribution >= 4 is 22.9 Å². The number of aliphatic hydroxyl groups is 3. The van der Waals surface area contributed by atoms with E-state index in [0.717, 1.165) is 12.0 Å². The minimum absolute atomic E-state index is 0.118. The molecule has 2 fully saturated rings. The number of nitrogens with zero attached hydrogens (tertiary/aromatic N) is 4. The van der Waals surface area contributed by atoms with Crippen molar-refractivity contribution in [1.29, 1.82) is 0 Å². The smallest absolute Gasteiger partial charge is 0.207 e. The molecule has 170 valence electrons. The molecule has 1 aromatic carbocycles. The molecule has 5 rings (SSSR count). The summed E-state index contributed by atoms with van der Waals surface area (Å²) in [5.74, 6) is 0.962. The summed E-state index contributed by atoms with van der Waals surface area (Å²) in [6, 6.07) is 9.93. The van der Waals surface area contributed by atoms with Crippen molar-refractivity contribution in [1.82, 2.24) is 19.5 Å². The Morgan fingerprint density at radius 1 is 1.12 bits per heavy atom. The second-order valence-corrected chi connectivity index (χ2v) is 7.97. The number of fused-ring (bicyclic) bond motifs is 1. The van der Waals surface area contributed by atoms with E-state index in [1.54, 1.807) is 4.57 Å². The van der Waals surface area contributed by atoms with Gasteiger partial charge in [-0.3, -0.25) is 4.57 Å². The summed E-state index contributed by atoms with van der Waals surface area (Å²) < 4.78 is 12.8. The monoisotopic (exact) mass is 442 g/mol. The van der Waals surface area contributed by atoms with Gasteiger partial charge in [-0.25, -0.2) is 15.0 Å². The van der Waals surface area contributed by atoms with Crippen LogP contribution in [-0.4, -0.2) is 79.0 Å². The lowest BCUT2D eigenvalue weighted by molar-refractivity contribution is -0.0501. The Balaban J connectivity index is 1.54. The Bertz CT molecular complexity index is 1060. The molecule has 3 aromatic rings. The van der Waals surface area contributed by atoms with E-state index in [0.29, 0.717) is 42.7 Å². The third-order valence-corrected chi connectivity index (χ3v) is 5.81. The molecule has 2 aliphatic heterocycles. The number of aromatic nitrogens is 4. The van der Waals surface area contributed by atoms with Crippen LogP contribution < -0.4 is 10.6 Å². The quantitative estimate of drug-likeness (QED) is 0.345. The van der Waals surface area contributed by atoms with Gasteiger partial charge in [0.15, 0.2) is 23.2 Å². The Morgan fingerprint density at radius 2 is 1.97 bits per heavy atom. The van der Waals surface area contributed by atoms with Gasteiger partial charge in [0.05, 0.1) is 19.3 Å². The van der Waals surface area contributed by atoms with Gasteiger partial charge < -0.3 is 35.4 Å². The molecule has 0 radical (unpaired) electrons. The average Bonchev–Trinajstić information content (AvgIpc) is 3.52. The van der Waals surface area contributed by atoms with E-state index in [1.807, 2.05) is 30.3 Å². The molecule has 32 heavy (non-hydrogen) atoms. The normalized spacial score (nSPS) is 27.8. The van der Waals surface area contributed by atoms with Crippen LogP contribution in [0.2, 0.25) is 0 Å². The summed E-state index contributed by atoms with van der Waals surface area (Å²) in [4.78, 5) is 13.5. The molecule has 4 heterocycles. The summed E-state index contributed by atoms with van der Waals surface area (Å²) in [5.41, 5.74) is 1.99. The van der Waals surface area contributed by atoms with E-state index in [-0.39, 0.29) is 6.04 Å². The second-order valence-electron chi connectivity index (χ2n) is 7.97. The first-order valence-corrected chi connectivity index (χ1v) is 10.6. The fourth-order valence-electron chi connectivity index (χ4n) is 4.09. The molecule has 2 aromatic heterocycles. The Hall–Kier alpha value is -2.83. The Kier molecular flexibility index (Phi) is 5.89. The van der Waals surface area contributed by atoms with Crippen LogP contribution in [0.5, 0.6) is 0 Å². The predicted octanol–water partition coefficient (Wildman–Crippen LogP) is 0.251. The van der Waals surface area contributed by atoms with E-state index in [4.69, 9.17) is 14.5 Å². The van der Waals surface area contributed by atoms with Gasteiger partial charge in [0, 0.05) is 13.2 Å². The lowest BCUT2D eigenvalue weighted by Gasteiger charge is -2.20. The fourth-order valence-corrected chi connectivity index (χ4v) is 4.09. The molecule has 0 saturated carbocycles. The highest BCUT2D eigenvalue weighted by molar-refractivity contribution is 5.85. The summed E-state index contributed by atoms with van der Waals surface area (Å²) in [5, 5.41) is 37.1. The minimum atomic E-state index is -1.27. The van der Waals surface area contributed by atoms with Crippen molar-refractivity contribution in [2.24, 2.45) is 0 Å². The third kappa shape index (κ3) is 3.89. The van der Waals surface area contributed by atoms with Crippen molar-refractivity contribution < 1.29 is 24.8 Å². The van der Waals surface area contributed by atoms with Crippen molar-refractivity contribution in [2.45, 2.75) is 43.5 Å². The Morgan fingerprint density at radius 3 is 2.69 bits per heavy atom. The number of anilines is 2. The van der Waals surface area contributed by atoms with E-state index < -0.39 is 31.1 Å². The summed E-state index contributed by atoms with van der Waals surface area (Å²) in [6.07, 6.45) is -2.12. The number of aliphatic hydroxyl groups excluding tert-OH is 3. The molecule has 11 heteroatoms. The van der Waals surface area contributed by atoms with E-state index >= 15 is 0 Å². The molecule has 0 amide bonds. The number of rotatable bonds is 7. The number of nitrogens with one attached hydrogen (secondary N) is 2. The van der Waals surface area contributed by atoms with E-state index in [2.05, 4.69) is 20.6 Å². The molecule has 0 aliphatic carbocycles. The lowest BCUT2D eigenvalue weighted by Crippen LogP contribution is -2.33. The molecule has 5 atom stereocenters. The number of hydrogen-bond acceptors (Lipinski definition) is 10. The van der Waals surface area contributed by atoms with Crippen molar-refractivity contribution in [3.05, 3.63) is 42.2 Å². The fraction of sp³-hybridized carbons (Fsp3) is 0.476. The summed E-state index contributed by atoms with van der Waals surface area (Å²) in [7, 11) is 0. The van der Waals surface area contributed by atoms with Gasteiger partial charge in [-0.05, 0) is 12.0 Å². The zero-order valence-corrected chi connectivity index (χ0v) is 17.3. The van der Waals surface area contributed by atoms with Gasteiger partial charge >= 0.3 is 0 Å². The maximum Gasteiger partial charge on any atom is 0.207 e. The molecule has 0 bridgehead atoms.